The molecule has 0 spiro atoms. The van der Waals surface area contributed by atoms with Crippen LogP contribution in [0.5, 0.6) is 0 Å². The summed E-state index contributed by atoms with van der Waals surface area (Å²) >= 11 is 1.74. The van der Waals surface area contributed by atoms with Crippen molar-refractivity contribution in [3.8, 4) is 0 Å². The highest BCUT2D eigenvalue weighted by Gasteiger charge is 2.40. The van der Waals surface area contributed by atoms with Crippen LogP contribution in [-0.4, -0.2) is 41.2 Å². The minimum atomic E-state index is 0.117. The molecule has 1 aromatic heterocycles. The molecular weight excluding hydrogens is 296 g/mol. The van der Waals surface area contributed by atoms with Crippen molar-refractivity contribution in [2.24, 2.45) is 11.8 Å². The minimum Gasteiger partial charge on any atom is -0.342 e. The molecule has 0 N–H and O–H groups in total. The Hall–Kier alpha value is -1.36. The van der Waals surface area contributed by atoms with Gasteiger partial charge in [0.25, 0.3) is 0 Å². The summed E-state index contributed by atoms with van der Waals surface area (Å²) < 4.78 is 0. The van der Waals surface area contributed by atoms with Gasteiger partial charge in [-0.2, -0.15) is 0 Å². The maximum absolute atomic E-state index is 12.7. The van der Waals surface area contributed by atoms with Crippen LogP contribution in [0.3, 0.4) is 0 Å². The van der Waals surface area contributed by atoms with Crippen LogP contribution < -0.4 is 0 Å². The number of nitrogens with zero attached hydrogens (tertiary/aromatic N) is 2. The van der Waals surface area contributed by atoms with Crippen molar-refractivity contribution in [1.29, 1.82) is 0 Å². The third-order valence-corrected chi connectivity index (χ3v) is 6.23. The Bertz CT molecular complexity index is 559. The molecule has 1 aliphatic carbocycles. The highest BCUT2D eigenvalue weighted by atomic mass is 32.1. The monoisotopic (exact) mass is 318 g/mol. The van der Waals surface area contributed by atoms with Gasteiger partial charge in [0.15, 0.2) is 0 Å². The minimum absolute atomic E-state index is 0.117. The lowest BCUT2D eigenvalue weighted by atomic mass is 9.91. The molecule has 2 amide bonds. The predicted molar refractivity (Wildman–Crippen MR) is 85.4 cm³/mol. The smallest absolute Gasteiger partial charge is 0.226 e. The molecule has 0 radical (unpaired) electrons. The second-order valence-electron chi connectivity index (χ2n) is 6.73. The third-order valence-electron chi connectivity index (χ3n) is 5.26. The van der Waals surface area contributed by atoms with Crippen molar-refractivity contribution in [1.82, 2.24) is 9.80 Å². The summed E-state index contributed by atoms with van der Waals surface area (Å²) in [5, 5.41) is 2.08. The molecule has 2 saturated heterocycles. The zero-order chi connectivity index (χ0) is 15.1. The third kappa shape index (κ3) is 2.56. The summed E-state index contributed by atoms with van der Waals surface area (Å²) in [7, 11) is 0. The van der Waals surface area contributed by atoms with Gasteiger partial charge in [-0.1, -0.05) is 6.07 Å². The highest BCUT2D eigenvalue weighted by molar-refractivity contribution is 7.10. The van der Waals surface area contributed by atoms with Crippen LogP contribution in [-0.2, 0) is 9.59 Å². The number of hydrogen-bond donors (Lipinski definition) is 0. The van der Waals surface area contributed by atoms with Crippen LogP contribution in [0.15, 0.2) is 17.5 Å². The van der Waals surface area contributed by atoms with E-state index in [9.17, 15) is 9.59 Å². The molecule has 1 atom stereocenters. The second kappa shape index (κ2) is 5.69. The van der Waals surface area contributed by atoms with Crippen LogP contribution in [0.4, 0.5) is 0 Å². The van der Waals surface area contributed by atoms with Crippen LogP contribution in [0, 0.1) is 11.8 Å². The Morgan fingerprint density at radius 2 is 1.68 bits per heavy atom. The lowest BCUT2D eigenvalue weighted by Crippen LogP contribution is -2.50. The van der Waals surface area contributed by atoms with E-state index in [2.05, 4.69) is 22.4 Å². The number of carbonyl (C=O) groups is 2. The molecule has 3 heterocycles. The molecule has 3 fully saturated rings. The first-order valence-corrected chi connectivity index (χ1v) is 9.24. The number of thiophene rings is 1. The molecular formula is C17H22N2O2S. The van der Waals surface area contributed by atoms with Gasteiger partial charge >= 0.3 is 0 Å². The maximum atomic E-state index is 12.7. The lowest BCUT2D eigenvalue weighted by Gasteiger charge is -2.43. The highest BCUT2D eigenvalue weighted by Crippen LogP contribution is 2.38. The largest absolute Gasteiger partial charge is 0.342 e. The molecule has 2 aliphatic heterocycles. The van der Waals surface area contributed by atoms with Gasteiger partial charge in [-0.05, 0) is 43.6 Å². The molecule has 4 rings (SSSR count). The first-order chi connectivity index (χ1) is 10.7. The van der Waals surface area contributed by atoms with Crippen LogP contribution in [0.1, 0.15) is 43.0 Å². The van der Waals surface area contributed by atoms with Gasteiger partial charge in [0.05, 0.1) is 6.04 Å². The Morgan fingerprint density at radius 3 is 2.23 bits per heavy atom. The van der Waals surface area contributed by atoms with E-state index in [-0.39, 0.29) is 5.92 Å². The van der Waals surface area contributed by atoms with Crippen molar-refractivity contribution < 1.29 is 9.59 Å². The second-order valence-corrected chi connectivity index (χ2v) is 7.70. The summed E-state index contributed by atoms with van der Waals surface area (Å²) in [5.41, 5.74) is 0. The first-order valence-electron chi connectivity index (χ1n) is 8.36. The van der Waals surface area contributed by atoms with Crippen molar-refractivity contribution in [3.05, 3.63) is 22.4 Å². The van der Waals surface area contributed by atoms with Crippen molar-refractivity contribution in [2.75, 3.05) is 19.6 Å². The van der Waals surface area contributed by atoms with Gasteiger partial charge < -0.3 is 9.80 Å². The van der Waals surface area contributed by atoms with Crippen LogP contribution in [0.25, 0.3) is 0 Å². The number of carbonyl (C=O) groups excluding carboxylic acids is 2. The summed E-state index contributed by atoms with van der Waals surface area (Å²) in [5.74, 6) is 1.05. The van der Waals surface area contributed by atoms with Crippen molar-refractivity contribution in [3.63, 3.8) is 0 Å². The van der Waals surface area contributed by atoms with Gasteiger partial charge in [-0.25, -0.2) is 0 Å². The Balaban J connectivity index is 1.33. The SMILES string of the molecule is O=C(C1CC1)N1CCC(C(=O)N2CCC2c2cccs2)CC1. The summed E-state index contributed by atoms with van der Waals surface area (Å²) in [6.45, 7) is 2.43. The summed E-state index contributed by atoms with van der Waals surface area (Å²) in [4.78, 5) is 30.2. The van der Waals surface area contributed by atoms with E-state index in [0.717, 1.165) is 51.7 Å². The fraction of sp³-hybridized carbons (Fsp3) is 0.647. The normalized spacial score (nSPS) is 25.9. The summed E-state index contributed by atoms with van der Waals surface area (Å²) in [6.07, 6.45) is 4.89. The van der Waals surface area contributed by atoms with Gasteiger partial charge in [0.2, 0.25) is 11.8 Å². The van der Waals surface area contributed by atoms with Crippen molar-refractivity contribution >= 4 is 23.2 Å². The molecule has 1 saturated carbocycles. The average molecular weight is 318 g/mol. The van der Waals surface area contributed by atoms with E-state index >= 15 is 0 Å². The number of hydrogen-bond acceptors (Lipinski definition) is 3. The van der Waals surface area contributed by atoms with Gasteiger partial charge in [0, 0.05) is 36.3 Å². The molecule has 22 heavy (non-hydrogen) atoms. The molecule has 3 aliphatic rings. The Labute approximate surface area is 135 Å². The van der Waals surface area contributed by atoms with Crippen molar-refractivity contribution in [2.45, 2.75) is 38.1 Å². The Morgan fingerprint density at radius 1 is 0.955 bits per heavy atom. The molecule has 0 aromatic carbocycles. The number of piperidine rings is 1. The molecule has 1 aromatic rings. The average Bonchev–Trinajstić information content (AvgIpc) is 3.23. The standard InChI is InChI=1S/C17H22N2O2S/c20-16(12-3-4-12)18-8-5-13(6-9-18)17(21)19-10-7-14(19)15-2-1-11-22-15/h1-2,11-14H,3-10H2. The number of likely N-dealkylation sites (tertiary alicyclic amines) is 2. The van der Waals surface area contributed by atoms with Crippen LogP contribution >= 0.6 is 11.3 Å². The quantitative estimate of drug-likeness (QED) is 0.860. The molecule has 1 unspecified atom stereocenters. The Kier molecular flexibility index (Phi) is 3.68. The predicted octanol–water partition coefficient (Wildman–Crippen LogP) is 2.67. The number of rotatable bonds is 3. The maximum Gasteiger partial charge on any atom is 0.226 e. The van der Waals surface area contributed by atoms with E-state index in [4.69, 9.17) is 0 Å². The van der Waals surface area contributed by atoms with E-state index in [1.54, 1.807) is 11.3 Å². The zero-order valence-electron chi connectivity index (χ0n) is 12.7. The molecule has 5 heteroatoms. The molecule has 4 nitrogen and oxygen atoms in total. The molecule has 0 bridgehead atoms. The zero-order valence-corrected chi connectivity index (χ0v) is 13.6. The van der Waals surface area contributed by atoms with Gasteiger partial charge in [0.1, 0.15) is 0 Å². The van der Waals surface area contributed by atoms with Gasteiger partial charge in [-0.15, -0.1) is 11.3 Å². The van der Waals surface area contributed by atoms with Gasteiger partial charge in [-0.3, -0.25) is 9.59 Å². The fourth-order valence-corrected chi connectivity index (χ4v) is 4.47. The van der Waals surface area contributed by atoms with E-state index < -0.39 is 0 Å². The lowest BCUT2D eigenvalue weighted by molar-refractivity contribution is -0.147. The van der Waals surface area contributed by atoms with E-state index in [0.29, 0.717) is 23.8 Å². The summed E-state index contributed by atoms with van der Waals surface area (Å²) in [6, 6.07) is 4.49. The topological polar surface area (TPSA) is 40.6 Å². The van der Waals surface area contributed by atoms with Crippen LogP contribution in [0.2, 0.25) is 0 Å². The molecule has 118 valence electrons. The fourth-order valence-electron chi connectivity index (χ4n) is 3.60. The number of amides is 2. The van der Waals surface area contributed by atoms with E-state index in [1.807, 2.05) is 4.90 Å². The van der Waals surface area contributed by atoms with E-state index in [1.165, 1.54) is 4.88 Å². The first kappa shape index (κ1) is 14.2.